The largest absolute Gasteiger partial charge is 0.466 e. The Kier molecular flexibility index (Phi) is 3.69. The number of halogens is 1. The SMILES string of the molecule is Cc1ccc(N2Cc3ccccc3OC2c2ccc(F)cc2)cc1. The second-order valence-corrected chi connectivity index (χ2v) is 6.09. The Morgan fingerprint density at radius 3 is 2.38 bits per heavy atom. The molecule has 3 aromatic carbocycles. The average molecular weight is 319 g/mol. The van der Waals surface area contributed by atoms with Crippen molar-refractivity contribution in [3.63, 3.8) is 0 Å². The van der Waals surface area contributed by atoms with Crippen LogP contribution in [-0.4, -0.2) is 0 Å². The molecule has 0 saturated carbocycles. The highest BCUT2D eigenvalue weighted by molar-refractivity contribution is 5.53. The first-order valence-corrected chi connectivity index (χ1v) is 8.04. The molecule has 0 aliphatic carbocycles. The van der Waals surface area contributed by atoms with Crippen molar-refractivity contribution in [1.82, 2.24) is 0 Å². The lowest BCUT2D eigenvalue weighted by Gasteiger charge is -2.38. The molecule has 24 heavy (non-hydrogen) atoms. The zero-order valence-corrected chi connectivity index (χ0v) is 13.4. The van der Waals surface area contributed by atoms with Crippen LogP contribution < -0.4 is 9.64 Å². The van der Waals surface area contributed by atoms with Crippen LogP contribution in [0.15, 0.2) is 72.8 Å². The highest BCUT2D eigenvalue weighted by atomic mass is 19.1. The molecule has 0 fully saturated rings. The number of ether oxygens (including phenoxy) is 1. The van der Waals surface area contributed by atoms with Crippen molar-refractivity contribution in [2.24, 2.45) is 0 Å². The number of para-hydroxylation sites is 1. The molecule has 0 bridgehead atoms. The van der Waals surface area contributed by atoms with Gasteiger partial charge >= 0.3 is 0 Å². The zero-order valence-electron chi connectivity index (χ0n) is 13.4. The van der Waals surface area contributed by atoms with Crippen LogP contribution in [0.5, 0.6) is 5.75 Å². The number of benzene rings is 3. The Labute approximate surface area is 141 Å². The predicted octanol–water partition coefficient (Wildman–Crippen LogP) is 5.23. The number of rotatable bonds is 2. The van der Waals surface area contributed by atoms with Gasteiger partial charge in [-0.05, 0) is 37.3 Å². The third-order valence-electron chi connectivity index (χ3n) is 4.36. The molecule has 0 radical (unpaired) electrons. The van der Waals surface area contributed by atoms with Crippen molar-refractivity contribution < 1.29 is 9.13 Å². The van der Waals surface area contributed by atoms with Gasteiger partial charge in [0.05, 0.1) is 6.54 Å². The van der Waals surface area contributed by atoms with Crippen LogP contribution in [0.4, 0.5) is 10.1 Å². The zero-order chi connectivity index (χ0) is 16.5. The van der Waals surface area contributed by atoms with Crippen molar-refractivity contribution >= 4 is 5.69 Å². The molecule has 0 spiro atoms. The highest BCUT2D eigenvalue weighted by Crippen LogP contribution is 2.38. The van der Waals surface area contributed by atoms with Crippen LogP contribution in [0.25, 0.3) is 0 Å². The summed E-state index contributed by atoms with van der Waals surface area (Å²) >= 11 is 0. The van der Waals surface area contributed by atoms with Crippen molar-refractivity contribution in [2.45, 2.75) is 19.7 Å². The molecule has 4 rings (SSSR count). The van der Waals surface area contributed by atoms with E-state index in [2.05, 4.69) is 42.2 Å². The minimum atomic E-state index is -0.275. The maximum Gasteiger partial charge on any atom is 0.199 e. The van der Waals surface area contributed by atoms with E-state index in [1.165, 1.54) is 17.7 Å². The molecule has 2 nitrogen and oxygen atoms in total. The molecule has 1 aliphatic rings. The lowest BCUT2D eigenvalue weighted by molar-refractivity contribution is 0.178. The number of hydrogen-bond acceptors (Lipinski definition) is 2. The molecular weight excluding hydrogens is 301 g/mol. The van der Waals surface area contributed by atoms with E-state index < -0.39 is 0 Å². The number of aryl methyl sites for hydroxylation is 1. The number of nitrogens with zero attached hydrogens (tertiary/aromatic N) is 1. The van der Waals surface area contributed by atoms with Gasteiger partial charge in [-0.25, -0.2) is 4.39 Å². The van der Waals surface area contributed by atoms with Gasteiger partial charge in [-0.15, -0.1) is 0 Å². The molecule has 0 saturated heterocycles. The van der Waals surface area contributed by atoms with E-state index in [-0.39, 0.29) is 12.0 Å². The molecule has 1 heterocycles. The maximum atomic E-state index is 13.3. The van der Waals surface area contributed by atoms with Crippen molar-refractivity contribution in [1.29, 1.82) is 0 Å². The minimum absolute atomic E-state index is 0.239. The second-order valence-electron chi connectivity index (χ2n) is 6.09. The fourth-order valence-electron chi connectivity index (χ4n) is 3.04. The van der Waals surface area contributed by atoms with Gasteiger partial charge < -0.3 is 9.64 Å². The van der Waals surface area contributed by atoms with Crippen LogP contribution in [0.2, 0.25) is 0 Å². The van der Waals surface area contributed by atoms with Crippen molar-refractivity contribution in [3.05, 3.63) is 95.3 Å². The monoisotopic (exact) mass is 319 g/mol. The molecule has 0 amide bonds. The van der Waals surface area contributed by atoms with E-state index in [0.29, 0.717) is 0 Å². The van der Waals surface area contributed by atoms with Crippen LogP contribution in [-0.2, 0) is 6.54 Å². The van der Waals surface area contributed by atoms with Gasteiger partial charge in [0.15, 0.2) is 6.23 Å². The summed E-state index contributed by atoms with van der Waals surface area (Å²) in [6.07, 6.45) is -0.275. The van der Waals surface area contributed by atoms with E-state index in [9.17, 15) is 4.39 Å². The van der Waals surface area contributed by atoms with Gasteiger partial charge in [0, 0.05) is 16.8 Å². The topological polar surface area (TPSA) is 12.5 Å². The summed E-state index contributed by atoms with van der Waals surface area (Å²) in [5.74, 6) is 0.645. The minimum Gasteiger partial charge on any atom is -0.466 e. The van der Waals surface area contributed by atoms with Crippen LogP contribution >= 0.6 is 0 Å². The molecule has 120 valence electrons. The summed E-state index contributed by atoms with van der Waals surface area (Å²) < 4.78 is 19.6. The summed E-state index contributed by atoms with van der Waals surface area (Å²) in [5, 5.41) is 0. The Morgan fingerprint density at radius 1 is 0.917 bits per heavy atom. The first-order chi connectivity index (χ1) is 11.7. The Hall–Kier alpha value is -2.81. The van der Waals surface area contributed by atoms with E-state index in [4.69, 9.17) is 4.74 Å². The normalized spacial score (nSPS) is 16.4. The standard InChI is InChI=1S/C21H18FNO/c1-15-6-12-19(13-7-15)23-14-17-4-2-3-5-20(17)24-21(23)16-8-10-18(22)11-9-16/h2-13,21H,14H2,1H3. The van der Waals surface area contributed by atoms with E-state index in [1.54, 1.807) is 12.1 Å². The second kappa shape index (κ2) is 6.00. The molecule has 1 aliphatic heterocycles. The van der Waals surface area contributed by atoms with E-state index in [0.717, 1.165) is 29.1 Å². The third-order valence-corrected chi connectivity index (χ3v) is 4.36. The summed E-state index contributed by atoms with van der Waals surface area (Å²) in [5.41, 5.74) is 4.39. The van der Waals surface area contributed by atoms with Gasteiger partial charge in [-0.2, -0.15) is 0 Å². The highest BCUT2D eigenvalue weighted by Gasteiger charge is 2.28. The van der Waals surface area contributed by atoms with Gasteiger partial charge in [-0.3, -0.25) is 0 Å². The molecule has 1 unspecified atom stereocenters. The van der Waals surface area contributed by atoms with Crippen molar-refractivity contribution in [3.8, 4) is 5.75 Å². The average Bonchev–Trinajstić information content (AvgIpc) is 2.62. The van der Waals surface area contributed by atoms with Gasteiger partial charge in [0.1, 0.15) is 11.6 Å². The quantitative estimate of drug-likeness (QED) is 0.641. The number of anilines is 1. The van der Waals surface area contributed by atoms with E-state index in [1.807, 2.05) is 18.2 Å². The molecular formula is C21H18FNO. The van der Waals surface area contributed by atoms with Crippen LogP contribution in [0.3, 0.4) is 0 Å². The summed E-state index contributed by atoms with van der Waals surface area (Å²) in [6.45, 7) is 2.82. The fraction of sp³-hybridized carbons (Fsp3) is 0.143. The van der Waals surface area contributed by atoms with Gasteiger partial charge in [0.25, 0.3) is 0 Å². The predicted molar refractivity (Wildman–Crippen MR) is 93.6 cm³/mol. The van der Waals surface area contributed by atoms with Crippen LogP contribution in [0.1, 0.15) is 22.9 Å². The molecule has 0 aromatic heterocycles. The molecule has 1 atom stereocenters. The third kappa shape index (κ3) is 2.73. The first kappa shape index (κ1) is 14.8. The summed E-state index contributed by atoms with van der Waals surface area (Å²) in [7, 11) is 0. The molecule has 3 aromatic rings. The number of hydrogen-bond donors (Lipinski definition) is 0. The first-order valence-electron chi connectivity index (χ1n) is 8.04. The van der Waals surface area contributed by atoms with E-state index >= 15 is 0 Å². The van der Waals surface area contributed by atoms with Gasteiger partial charge in [0.2, 0.25) is 0 Å². The smallest absolute Gasteiger partial charge is 0.199 e. The Balaban J connectivity index is 1.78. The Bertz CT molecular complexity index is 770. The lowest BCUT2D eigenvalue weighted by atomic mass is 10.1. The molecule has 3 heteroatoms. The molecule has 0 N–H and O–H groups in total. The Morgan fingerprint density at radius 2 is 1.62 bits per heavy atom. The van der Waals surface area contributed by atoms with Crippen molar-refractivity contribution in [2.75, 3.05) is 4.90 Å². The summed E-state index contributed by atoms with van der Waals surface area (Å²) in [6, 6.07) is 23.0. The summed E-state index contributed by atoms with van der Waals surface area (Å²) in [4.78, 5) is 2.20. The van der Waals surface area contributed by atoms with Gasteiger partial charge in [-0.1, -0.05) is 48.0 Å². The fourth-order valence-corrected chi connectivity index (χ4v) is 3.04. The van der Waals surface area contributed by atoms with Crippen LogP contribution in [0, 0.1) is 12.7 Å². The maximum absolute atomic E-state index is 13.3. The lowest BCUT2D eigenvalue weighted by Crippen LogP contribution is -2.36. The number of fused-ring (bicyclic) bond motifs is 1.